The Balaban J connectivity index is 1.40. The maximum absolute atomic E-state index is 14.2. The second kappa shape index (κ2) is 8.75. The lowest BCUT2D eigenvalue weighted by atomic mass is 10.1. The number of amides is 1. The van der Waals surface area contributed by atoms with Gasteiger partial charge in [0.15, 0.2) is 0 Å². The maximum atomic E-state index is 14.2. The van der Waals surface area contributed by atoms with E-state index in [9.17, 15) is 9.18 Å². The molecule has 2 fully saturated rings. The van der Waals surface area contributed by atoms with Crippen LogP contribution in [0.3, 0.4) is 0 Å². The van der Waals surface area contributed by atoms with E-state index in [4.69, 9.17) is 11.6 Å². The summed E-state index contributed by atoms with van der Waals surface area (Å²) in [4.78, 5) is 17.4. The van der Waals surface area contributed by atoms with Gasteiger partial charge in [0.1, 0.15) is 5.82 Å². The second-order valence-electron chi connectivity index (χ2n) is 8.79. The van der Waals surface area contributed by atoms with Gasteiger partial charge in [0.2, 0.25) is 0 Å². The van der Waals surface area contributed by atoms with Gasteiger partial charge in [0.05, 0.1) is 16.8 Å². The first-order chi connectivity index (χ1) is 15.5. The molecule has 2 saturated heterocycles. The quantitative estimate of drug-likeness (QED) is 0.620. The molecule has 5 nitrogen and oxygen atoms in total. The van der Waals surface area contributed by atoms with E-state index in [1.165, 1.54) is 12.5 Å². The topological polar surface area (TPSA) is 40.5 Å². The van der Waals surface area contributed by atoms with E-state index in [2.05, 4.69) is 16.8 Å². The summed E-state index contributed by atoms with van der Waals surface area (Å²) >= 11 is 6.32. The third-order valence-corrected chi connectivity index (χ3v) is 7.14. The average molecular weight is 455 g/mol. The Hall–Kier alpha value is -2.57. The molecular weight excluding hydrogens is 427 g/mol. The zero-order chi connectivity index (χ0) is 22.2. The van der Waals surface area contributed by atoms with Crippen LogP contribution in [-0.4, -0.2) is 54.1 Å². The summed E-state index contributed by atoms with van der Waals surface area (Å²) in [5.74, 6) is -0.197. The predicted molar refractivity (Wildman–Crippen MR) is 127 cm³/mol. The minimum atomic E-state index is -0.221. The van der Waals surface area contributed by atoms with E-state index in [1.807, 2.05) is 40.3 Å². The maximum Gasteiger partial charge on any atom is 0.256 e. The van der Waals surface area contributed by atoms with E-state index in [-0.39, 0.29) is 17.8 Å². The monoisotopic (exact) mass is 454 g/mol. The predicted octanol–water partition coefficient (Wildman–Crippen LogP) is 4.71. The van der Waals surface area contributed by atoms with Crippen LogP contribution in [0.15, 0.2) is 48.7 Å². The van der Waals surface area contributed by atoms with Crippen molar-refractivity contribution < 1.29 is 9.18 Å². The molecule has 2 aliphatic rings. The van der Waals surface area contributed by atoms with Gasteiger partial charge in [0, 0.05) is 54.9 Å². The van der Waals surface area contributed by atoms with E-state index >= 15 is 0 Å². The van der Waals surface area contributed by atoms with Crippen LogP contribution in [0.4, 0.5) is 10.1 Å². The van der Waals surface area contributed by atoms with E-state index in [0.29, 0.717) is 48.5 Å². The molecule has 32 heavy (non-hydrogen) atoms. The molecule has 0 aliphatic carbocycles. The Morgan fingerprint density at radius 3 is 2.66 bits per heavy atom. The van der Waals surface area contributed by atoms with E-state index in [0.717, 1.165) is 23.9 Å². The Morgan fingerprint density at radius 2 is 1.94 bits per heavy atom. The standard InChI is InChI=1S/C25H28ClFN4O/c1-17(22-6-4-10-28-22)31-16-20(19-9-8-18(26)15-24(19)31)25(32)30-13-11-29(12-14-30)23-7-3-2-5-21(23)27/h2-3,5,7-9,15-17,22,28H,4,6,10-14H2,1H3/t17-,22?/m1/s1. The SMILES string of the molecule is C[C@H](C1CCCN1)n1cc(C(=O)N2CCN(c3ccccc3F)CC2)c2ccc(Cl)cc21. The lowest BCUT2D eigenvalue weighted by molar-refractivity contribution is 0.0748. The van der Waals surface area contributed by atoms with Crippen molar-refractivity contribution in [1.82, 2.24) is 14.8 Å². The summed E-state index contributed by atoms with van der Waals surface area (Å²) in [7, 11) is 0. The highest BCUT2D eigenvalue weighted by Gasteiger charge is 2.29. The van der Waals surface area contributed by atoms with Crippen LogP contribution >= 0.6 is 11.6 Å². The molecule has 2 atom stereocenters. The summed E-state index contributed by atoms with van der Waals surface area (Å²) in [6.07, 6.45) is 4.30. The second-order valence-corrected chi connectivity index (χ2v) is 9.22. The van der Waals surface area contributed by atoms with Crippen molar-refractivity contribution >= 4 is 34.1 Å². The Bertz CT molecular complexity index is 1130. The number of halogens is 2. The number of fused-ring (bicyclic) bond motifs is 1. The fourth-order valence-corrected chi connectivity index (χ4v) is 5.24. The van der Waals surface area contributed by atoms with Crippen molar-refractivity contribution in [2.24, 2.45) is 0 Å². The molecule has 1 amide bonds. The number of piperazine rings is 1. The minimum absolute atomic E-state index is 0.0239. The molecule has 3 heterocycles. The molecule has 3 aromatic rings. The fourth-order valence-electron chi connectivity index (χ4n) is 5.08. The number of benzene rings is 2. The molecule has 2 aliphatic heterocycles. The largest absolute Gasteiger partial charge is 0.366 e. The van der Waals surface area contributed by atoms with Gasteiger partial charge in [-0.3, -0.25) is 4.79 Å². The van der Waals surface area contributed by atoms with Gasteiger partial charge in [-0.05, 0) is 50.6 Å². The van der Waals surface area contributed by atoms with Crippen LogP contribution in [0.2, 0.25) is 5.02 Å². The summed E-state index contributed by atoms with van der Waals surface area (Å²) in [5.41, 5.74) is 2.30. The molecular formula is C25H28ClFN4O. The normalized spacial score (nSPS) is 20.2. The summed E-state index contributed by atoms with van der Waals surface area (Å²) in [6, 6.07) is 13.2. The third-order valence-electron chi connectivity index (χ3n) is 6.91. The van der Waals surface area contributed by atoms with Crippen molar-refractivity contribution in [3.63, 3.8) is 0 Å². The molecule has 0 radical (unpaired) electrons. The molecule has 1 aromatic heterocycles. The number of hydrogen-bond donors (Lipinski definition) is 1. The average Bonchev–Trinajstić information content (AvgIpc) is 3.47. The molecule has 0 bridgehead atoms. The summed E-state index contributed by atoms with van der Waals surface area (Å²) in [5, 5.41) is 5.17. The van der Waals surface area contributed by atoms with Crippen LogP contribution in [0.5, 0.6) is 0 Å². The molecule has 0 spiro atoms. The van der Waals surface area contributed by atoms with E-state index < -0.39 is 0 Å². The lowest BCUT2D eigenvalue weighted by Gasteiger charge is -2.36. The minimum Gasteiger partial charge on any atom is -0.366 e. The molecule has 1 unspecified atom stereocenters. The zero-order valence-corrected chi connectivity index (χ0v) is 19.0. The van der Waals surface area contributed by atoms with Crippen molar-refractivity contribution in [2.75, 3.05) is 37.6 Å². The Kier molecular flexibility index (Phi) is 5.82. The smallest absolute Gasteiger partial charge is 0.256 e. The van der Waals surface area contributed by atoms with Crippen LogP contribution in [-0.2, 0) is 0 Å². The number of nitrogens with one attached hydrogen (secondary N) is 1. The van der Waals surface area contributed by atoms with Gasteiger partial charge in [-0.2, -0.15) is 0 Å². The van der Waals surface area contributed by atoms with Crippen LogP contribution < -0.4 is 10.2 Å². The number of carbonyl (C=O) groups is 1. The number of hydrogen-bond acceptors (Lipinski definition) is 3. The first-order valence-corrected chi connectivity index (χ1v) is 11.7. The Morgan fingerprint density at radius 1 is 1.16 bits per heavy atom. The lowest BCUT2D eigenvalue weighted by Crippen LogP contribution is -2.49. The van der Waals surface area contributed by atoms with Gasteiger partial charge < -0.3 is 19.7 Å². The number of para-hydroxylation sites is 1. The first-order valence-electron chi connectivity index (χ1n) is 11.3. The van der Waals surface area contributed by atoms with Crippen molar-refractivity contribution in [3.05, 3.63) is 65.1 Å². The molecule has 5 rings (SSSR count). The van der Waals surface area contributed by atoms with Crippen LogP contribution in [0, 0.1) is 5.82 Å². The molecule has 7 heteroatoms. The van der Waals surface area contributed by atoms with Gasteiger partial charge in [-0.25, -0.2) is 4.39 Å². The number of nitrogens with zero attached hydrogens (tertiary/aromatic N) is 3. The molecule has 1 N–H and O–H groups in total. The highest BCUT2D eigenvalue weighted by molar-refractivity contribution is 6.31. The highest BCUT2D eigenvalue weighted by atomic mass is 35.5. The molecule has 0 saturated carbocycles. The molecule has 2 aromatic carbocycles. The highest BCUT2D eigenvalue weighted by Crippen LogP contribution is 2.31. The summed E-state index contributed by atoms with van der Waals surface area (Å²) in [6.45, 7) is 5.58. The van der Waals surface area contributed by atoms with Gasteiger partial charge in [-0.1, -0.05) is 29.8 Å². The number of anilines is 1. The number of aromatic nitrogens is 1. The van der Waals surface area contributed by atoms with Gasteiger partial charge >= 0.3 is 0 Å². The van der Waals surface area contributed by atoms with Crippen LogP contribution in [0.25, 0.3) is 10.9 Å². The number of rotatable bonds is 4. The molecule has 168 valence electrons. The van der Waals surface area contributed by atoms with Crippen LogP contribution in [0.1, 0.15) is 36.2 Å². The fraction of sp³-hybridized carbons (Fsp3) is 0.400. The number of carbonyl (C=O) groups excluding carboxylic acids is 1. The summed E-state index contributed by atoms with van der Waals surface area (Å²) < 4.78 is 16.4. The van der Waals surface area contributed by atoms with Gasteiger partial charge in [-0.15, -0.1) is 0 Å². The van der Waals surface area contributed by atoms with Crippen molar-refractivity contribution in [1.29, 1.82) is 0 Å². The van der Waals surface area contributed by atoms with Crippen molar-refractivity contribution in [2.45, 2.75) is 31.8 Å². The van der Waals surface area contributed by atoms with E-state index in [1.54, 1.807) is 12.1 Å². The van der Waals surface area contributed by atoms with Crippen molar-refractivity contribution in [3.8, 4) is 0 Å². The zero-order valence-electron chi connectivity index (χ0n) is 18.2. The van der Waals surface area contributed by atoms with Gasteiger partial charge in [0.25, 0.3) is 5.91 Å². The first kappa shape index (κ1) is 21.3. The Labute approximate surface area is 192 Å². The third kappa shape index (κ3) is 3.86.